The van der Waals surface area contributed by atoms with Gasteiger partial charge in [-0.3, -0.25) is 14.9 Å². The molecule has 0 radical (unpaired) electrons. The minimum atomic E-state index is -1.02. The quantitative estimate of drug-likeness (QED) is 0.706. The van der Waals surface area contributed by atoms with E-state index in [4.69, 9.17) is 9.47 Å². The lowest BCUT2D eigenvalue weighted by molar-refractivity contribution is -0.134. The normalized spacial score (nSPS) is 22.6. The van der Waals surface area contributed by atoms with E-state index in [1.165, 1.54) is 12.1 Å². The van der Waals surface area contributed by atoms with Crippen LogP contribution < -0.4 is 15.5 Å². The van der Waals surface area contributed by atoms with Crippen LogP contribution in [0.3, 0.4) is 0 Å². The second kappa shape index (κ2) is 7.94. The molecule has 0 aromatic heterocycles. The molecule has 0 aliphatic carbocycles. The van der Waals surface area contributed by atoms with Gasteiger partial charge in [0, 0.05) is 36.7 Å². The van der Waals surface area contributed by atoms with Crippen LogP contribution in [-0.4, -0.2) is 56.9 Å². The zero-order valence-corrected chi connectivity index (χ0v) is 15.6. The topological polar surface area (TPSA) is 97.0 Å². The Morgan fingerprint density at radius 3 is 2.52 bits per heavy atom. The molecule has 1 aromatic carbocycles. The Hall–Kier alpha value is -2.75. The molecule has 3 saturated heterocycles. The Labute approximate surface area is 165 Å². The van der Waals surface area contributed by atoms with Crippen LogP contribution in [0.5, 0.6) is 0 Å². The Morgan fingerprint density at radius 2 is 1.93 bits per heavy atom. The number of anilines is 1. The van der Waals surface area contributed by atoms with Crippen molar-refractivity contribution in [3.63, 3.8) is 0 Å². The summed E-state index contributed by atoms with van der Waals surface area (Å²) in [7, 11) is 0. The highest BCUT2D eigenvalue weighted by atomic mass is 19.1. The summed E-state index contributed by atoms with van der Waals surface area (Å²) in [5.74, 6) is -3.56. The van der Waals surface area contributed by atoms with Crippen molar-refractivity contribution in [1.29, 1.82) is 0 Å². The van der Waals surface area contributed by atoms with Gasteiger partial charge in [-0.25, -0.2) is 13.6 Å². The van der Waals surface area contributed by atoms with Crippen molar-refractivity contribution in [2.75, 3.05) is 37.8 Å². The summed E-state index contributed by atoms with van der Waals surface area (Å²) < 4.78 is 39.3. The van der Waals surface area contributed by atoms with Crippen LogP contribution in [0.1, 0.15) is 24.3 Å². The molecule has 1 atom stereocenters. The van der Waals surface area contributed by atoms with E-state index in [9.17, 15) is 23.2 Å². The molecule has 1 unspecified atom stereocenters. The molecular weight excluding hydrogens is 388 g/mol. The largest absolute Gasteiger partial charge is 0.449 e. The lowest BCUT2D eigenvalue weighted by atomic mass is 9.89. The van der Waals surface area contributed by atoms with Crippen LogP contribution in [0.15, 0.2) is 12.1 Å². The summed E-state index contributed by atoms with van der Waals surface area (Å²) in [6.45, 7) is 2.27. The average Bonchev–Trinajstić information content (AvgIpc) is 2.57. The summed E-state index contributed by atoms with van der Waals surface area (Å²) in [4.78, 5) is 36.6. The number of amides is 3. The first-order valence-electron chi connectivity index (χ1n) is 9.49. The van der Waals surface area contributed by atoms with Gasteiger partial charge in [0.15, 0.2) is 0 Å². The second-order valence-corrected chi connectivity index (χ2v) is 7.57. The summed E-state index contributed by atoms with van der Waals surface area (Å²) in [5.41, 5.74) is 0.00609. The predicted molar refractivity (Wildman–Crippen MR) is 96.3 cm³/mol. The third kappa shape index (κ3) is 4.16. The number of piperidine rings is 1. The van der Waals surface area contributed by atoms with Gasteiger partial charge < -0.3 is 19.7 Å². The smallest absolute Gasteiger partial charge is 0.407 e. The first-order chi connectivity index (χ1) is 13.9. The third-order valence-corrected chi connectivity index (χ3v) is 5.38. The summed E-state index contributed by atoms with van der Waals surface area (Å²) in [6.07, 6.45) is -0.407. The van der Waals surface area contributed by atoms with E-state index in [2.05, 4.69) is 10.6 Å². The maximum Gasteiger partial charge on any atom is 0.407 e. The lowest BCUT2D eigenvalue weighted by Gasteiger charge is -2.41. The zero-order valence-electron chi connectivity index (χ0n) is 15.6. The molecule has 8 nitrogen and oxygen atoms in total. The van der Waals surface area contributed by atoms with Crippen LogP contribution in [0.2, 0.25) is 0 Å². The van der Waals surface area contributed by atoms with E-state index in [-0.39, 0.29) is 30.4 Å². The van der Waals surface area contributed by atoms with Crippen molar-refractivity contribution in [1.82, 2.24) is 10.6 Å². The fourth-order valence-corrected chi connectivity index (χ4v) is 3.62. The first-order valence-corrected chi connectivity index (χ1v) is 9.49. The standard InChI is InChI=1S/C19H21F2N3O5/c20-14-3-12(4-15(21)17(14)13-1-2-16(25)23-18(13)26)24-5-11(6-24)22-19(27)29-9-10-7-28-8-10/h3-4,10-11,13H,1-2,5-9H2,(H,22,27)(H,23,25,26). The van der Waals surface area contributed by atoms with E-state index in [1.54, 1.807) is 4.90 Å². The van der Waals surface area contributed by atoms with Gasteiger partial charge in [0.05, 0.1) is 25.2 Å². The highest BCUT2D eigenvalue weighted by Crippen LogP contribution is 2.33. The lowest BCUT2D eigenvalue weighted by Crippen LogP contribution is -2.59. The highest BCUT2D eigenvalue weighted by Gasteiger charge is 2.34. The molecule has 4 rings (SSSR count). The molecule has 0 spiro atoms. The summed E-state index contributed by atoms with van der Waals surface area (Å²) in [5, 5.41) is 4.82. The molecule has 3 heterocycles. The Morgan fingerprint density at radius 1 is 1.24 bits per heavy atom. The van der Waals surface area contributed by atoms with Crippen LogP contribution in [0, 0.1) is 17.6 Å². The van der Waals surface area contributed by atoms with Gasteiger partial charge in [-0.2, -0.15) is 0 Å². The number of imide groups is 1. The number of carbonyl (C=O) groups excluding carboxylic acids is 3. The van der Waals surface area contributed by atoms with Gasteiger partial charge in [0.2, 0.25) is 11.8 Å². The molecule has 29 heavy (non-hydrogen) atoms. The van der Waals surface area contributed by atoms with Crippen molar-refractivity contribution < 1.29 is 32.6 Å². The third-order valence-electron chi connectivity index (χ3n) is 5.38. The van der Waals surface area contributed by atoms with Crippen molar-refractivity contribution in [2.24, 2.45) is 5.92 Å². The maximum absolute atomic E-state index is 14.6. The first kappa shape index (κ1) is 19.6. The molecule has 156 valence electrons. The van der Waals surface area contributed by atoms with Gasteiger partial charge >= 0.3 is 6.09 Å². The fourth-order valence-electron chi connectivity index (χ4n) is 3.62. The van der Waals surface area contributed by atoms with Gasteiger partial charge in [-0.15, -0.1) is 0 Å². The molecule has 3 aliphatic rings. The van der Waals surface area contributed by atoms with Crippen molar-refractivity contribution in [3.8, 4) is 0 Å². The number of rotatable bonds is 5. The number of nitrogens with zero attached hydrogens (tertiary/aromatic N) is 1. The van der Waals surface area contributed by atoms with Gasteiger partial charge in [0.25, 0.3) is 0 Å². The zero-order chi connectivity index (χ0) is 20.5. The minimum absolute atomic E-state index is 0.0420. The minimum Gasteiger partial charge on any atom is -0.449 e. The molecule has 3 amide bonds. The van der Waals surface area contributed by atoms with Crippen LogP contribution in [0.4, 0.5) is 19.3 Å². The SMILES string of the molecule is O=C1CCC(c2c(F)cc(N3CC(NC(=O)OCC4COC4)C3)cc2F)C(=O)N1. The average molecular weight is 409 g/mol. The van der Waals surface area contributed by atoms with E-state index in [0.29, 0.717) is 38.6 Å². The molecule has 3 aliphatic heterocycles. The van der Waals surface area contributed by atoms with E-state index in [0.717, 1.165) is 0 Å². The van der Waals surface area contributed by atoms with Crippen LogP contribution in [-0.2, 0) is 19.1 Å². The summed E-state index contributed by atoms with van der Waals surface area (Å²) >= 11 is 0. The van der Waals surface area contributed by atoms with Crippen molar-refractivity contribution in [3.05, 3.63) is 29.3 Å². The fraction of sp³-hybridized carbons (Fsp3) is 0.526. The van der Waals surface area contributed by atoms with Gasteiger partial charge in [0.1, 0.15) is 18.2 Å². The molecular formula is C19H21F2N3O5. The van der Waals surface area contributed by atoms with E-state index >= 15 is 0 Å². The Balaban J connectivity index is 1.32. The van der Waals surface area contributed by atoms with Crippen molar-refractivity contribution in [2.45, 2.75) is 24.8 Å². The van der Waals surface area contributed by atoms with Gasteiger partial charge in [-0.1, -0.05) is 0 Å². The monoisotopic (exact) mass is 409 g/mol. The number of hydrogen-bond acceptors (Lipinski definition) is 6. The number of nitrogens with one attached hydrogen (secondary N) is 2. The second-order valence-electron chi connectivity index (χ2n) is 7.57. The number of alkyl carbamates (subject to hydrolysis) is 1. The predicted octanol–water partition coefficient (Wildman–Crippen LogP) is 1.05. The highest BCUT2D eigenvalue weighted by molar-refractivity contribution is 6.01. The van der Waals surface area contributed by atoms with Crippen LogP contribution >= 0.6 is 0 Å². The Kier molecular flexibility index (Phi) is 5.35. The molecule has 0 bridgehead atoms. The molecule has 1 aromatic rings. The summed E-state index contributed by atoms with van der Waals surface area (Å²) in [6, 6.07) is 2.17. The van der Waals surface area contributed by atoms with Gasteiger partial charge in [-0.05, 0) is 18.6 Å². The molecule has 2 N–H and O–H groups in total. The van der Waals surface area contributed by atoms with Crippen LogP contribution in [0.25, 0.3) is 0 Å². The number of carbonyl (C=O) groups is 3. The van der Waals surface area contributed by atoms with E-state index < -0.39 is 35.5 Å². The number of benzene rings is 1. The molecule has 3 fully saturated rings. The number of hydrogen-bond donors (Lipinski definition) is 2. The number of halogens is 2. The molecule has 10 heteroatoms. The van der Waals surface area contributed by atoms with Crippen molar-refractivity contribution >= 4 is 23.6 Å². The number of ether oxygens (including phenoxy) is 2. The maximum atomic E-state index is 14.6. The Bertz CT molecular complexity index is 816. The van der Waals surface area contributed by atoms with E-state index in [1.807, 2.05) is 0 Å². The molecule has 0 saturated carbocycles.